The highest BCUT2D eigenvalue weighted by atomic mass is 19.1. The number of anilines is 2. The van der Waals surface area contributed by atoms with E-state index in [9.17, 15) is 4.39 Å². The molecule has 1 unspecified atom stereocenters. The van der Waals surface area contributed by atoms with E-state index in [1.165, 1.54) is 33.2 Å². The van der Waals surface area contributed by atoms with Crippen molar-refractivity contribution in [1.29, 1.82) is 0 Å². The predicted molar refractivity (Wildman–Crippen MR) is 201 cm³/mol. The molecule has 1 heterocycles. The summed E-state index contributed by atoms with van der Waals surface area (Å²) >= 11 is 0. The number of allylic oxidation sites excluding steroid dienone is 1. The van der Waals surface area contributed by atoms with Crippen LogP contribution in [0.5, 0.6) is 0 Å². The van der Waals surface area contributed by atoms with E-state index >= 15 is 0 Å². The van der Waals surface area contributed by atoms with Crippen LogP contribution in [0.4, 0.5) is 15.8 Å². The number of piperazine rings is 1. The van der Waals surface area contributed by atoms with E-state index < -0.39 is 0 Å². The highest BCUT2D eigenvalue weighted by Crippen LogP contribution is 2.38. The van der Waals surface area contributed by atoms with Crippen molar-refractivity contribution in [3.05, 3.63) is 138 Å². The molecule has 5 heteroatoms. The van der Waals surface area contributed by atoms with Gasteiger partial charge in [0.05, 0.1) is 11.2 Å². The summed E-state index contributed by atoms with van der Waals surface area (Å²) < 4.78 is 14.7. The van der Waals surface area contributed by atoms with E-state index in [1.54, 1.807) is 6.07 Å². The second kappa shape index (κ2) is 15.0. The van der Waals surface area contributed by atoms with Crippen molar-refractivity contribution in [1.82, 2.24) is 10.2 Å². The molecular formula is C42H51FN4. The number of aryl methyl sites for hydroxylation is 1. The summed E-state index contributed by atoms with van der Waals surface area (Å²) in [6.45, 7) is 21.2. The van der Waals surface area contributed by atoms with Gasteiger partial charge in [0, 0.05) is 63.6 Å². The lowest BCUT2D eigenvalue weighted by molar-refractivity contribution is 0.249. The summed E-state index contributed by atoms with van der Waals surface area (Å²) in [7, 11) is 4.09. The van der Waals surface area contributed by atoms with E-state index in [0.29, 0.717) is 0 Å². The Morgan fingerprint density at radius 2 is 1.66 bits per heavy atom. The maximum atomic E-state index is 14.7. The van der Waals surface area contributed by atoms with Crippen LogP contribution < -0.4 is 15.1 Å². The fourth-order valence-corrected chi connectivity index (χ4v) is 6.71. The fraction of sp³-hybridized carbons (Fsp3) is 0.333. The molecule has 0 aliphatic carbocycles. The van der Waals surface area contributed by atoms with Gasteiger partial charge in [0.25, 0.3) is 0 Å². The molecule has 4 aromatic carbocycles. The Kier molecular flexibility index (Phi) is 10.9. The Hall–Kier alpha value is -4.35. The van der Waals surface area contributed by atoms with Crippen LogP contribution in [0.25, 0.3) is 16.8 Å². The van der Waals surface area contributed by atoms with Gasteiger partial charge in [0.1, 0.15) is 5.82 Å². The van der Waals surface area contributed by atoms with Crippen LogP contribution in [-0.2, 0) is 19.4 Å². The molecule has 0 bridgehead atoms. The van der Waals surface area contributed by atoms with Gasteiger partial charge in [-0.15, -0.1) is 6.58 Å². The van der Waals surface area contributed by atoms with Crippen molar-refractivity contribution in [2.75, 3.05) is 50.1 Å². The Labute approximate surface area is 281 Å². The molecule has 0 aromatic heterocycles. The fourth-order valence-electron chi connectivity index (χ4n) is 6.71. The van der Waals surface area contributed by atoms with E-state index in [1.807, 2.05) is 25.3 Å². The predicted octanol–water partition coefficient (Wildman–Crippen LogP) is 8.99. The van der Waals surface area contributed by atoms with Gasteiger partial charge in [-0.1, -0.05) is 86.8 Å². The molecule has 1 atom stereocenters. The second-order valence-electron chi connectivity index (χ2n) is 13.1. The minimum absolute atomic E-state index is 0.106. The highest BCUT2D eigenvalue weighted by molar-refractivity contribution is 6.02. The molecule has 0 amide bonds. The van der Waals surface area contributed by atoms with Gasteiger partial charge in [-0.05, 0) is 84.0 Å². The Bertz CT molecular complexity index is 1720. The summed E-state index contributed by atoms with van der Waals surface area (Å²) in [5.41, 5.74) is 8.75. The number of nitrogens with zero attached hydrogens (tertiary/aromatic N) is 3. The summed E-state index contributed by atoms with van der Waals surface area (Å²) in [5, 5.41) is 5.65. The number of benzene rings is 4. The third-order valence-corrected chi connectivity index (χ3v) is 10.2. The largest absolute Gasteiger partial charge is 0.392 e. The summed E-state index contributed by atoms with van der Waals surface area (Å²) in [4.78, 5) is 7.00. The monoisotopic (exact) mass is 630 g/mol. The number of rotatable bonds is 14. The first kappa shape index (κ1) is 34.0. The zero-order valence-electron chi connectivity index (χ0n) is 28.8. The average molecular weight is 631 g/mol. The molecule has 47 heavy (non-hydrogen) atoms. The van der Waals surface area contributed by atoms with Crippen LogP contribution in [0, 0.1) is 5.82 Å². The van der Waals surface area contributed by atoms with Gasteiger partial charge in [-0.25, -0.2) is 4.39 Å². The molecule has 1 aliphatic heterocycles. The van der Waals surface area contributed by atoms with Gasteiger partial charge < -0.3 is 15.1 Å². The van der Waals surface area contributed by atoms with Crippen molar-refractivity contribution in [2.45, 2.75) is 51.6 Å². The molecule has 1 fully saturated rings. The van der Waals surface area contributed by atoms with E-state index in [-0.39, 0.29) is 11.4 Å². The van der Waals surface area contributed by atoms with Crippen LogP contribution >= 0.6 is 0 Å². The van der Waals surface area contributed by atoms with Crippen molar-refractivity contribution in [3.8, 4) is 0 Å². The first-order valence-corrected chi connectivity index (χ1v) is 16.9. The van der Waals surface area contributed by atoms with Crippen molar-refractivity contribution >= 4 is 28.2 Å². The number of halogens is 1. The molecule has 246 valence electrons. The molecule has 1 saturated heterocycles. The van der Waals surface area contributed by atoms with Gasteiger partial charge >= 0.3 is 0 Å². The SMILES string of the molecule is C=Cc1cccc2c(Cc3ccc(CN4CCN(c5ccc(CC)cc5F)CC4)cc3)ccc(N(C)C(C)(C=C)CCC(=C)NC)c12. The maximum absolute atomic E-state index is 14.7. The van der Waals surface area contributed by atoms with Gasteiger partial charge in [-0.3, -0.25) is 4.90 Å². The number of fused-ring (bicyclic) bond motifs is 1. The third-order valence-electron chi connectivity index (χ3n) is 10.2. The summed E-state index contributed by atoms with van der Waals surface area (Å²) in [6, 6.07) is 25.8. The lowest BCUT2D eigenvalue weighted by Crippen LogP contribution is -2.46. The van der Waals surface area contributed by atoms with E-state index in [0.717, 1.165) is 80.9 Å². The molecule has 4 aromatic rings. The van der Waals surface area contributed by atoms with Gasteiger partial charge in [-0.2, -0.15) is 0 Å². The minimum atomic E-state index is -0.249. The van der Waals surface area contributed by atoms with Crippen molar-refractivity contribution in [3.63, 3.8) is 0 Å². The molecular weight excluding hydrogens is 579 g/mol. The van der Waals surface area contributed by atoms with Crippen molar-refractivity contribution < 1.29 is 4.39 Å². The average Bonchev–Trinajstić information content (AvgIpc) is 3.11. The third kappa shape index (κ3) is 7.63. The number of nitrogens with one attached hydrogen (secondary N) is 1. The van der Waals surface area contributed by atoms with E-state index in [4.69, 9.17) is 0 Å². The quantitative estimate of drug-likeness (QED) is 0.140. The van der Waals surface area contributed by atoms with Crippen LogP contribution in [0.1, 0.15) is 54.5 Å². The maximum Gasteiger partial charge on any atom is 0.146 e. The Morgan fingerprint density at radius 1 is 0.957 bits per heavy atom. The summed E-state index contributed by atoms with van der Waals surface area (Å²) in [5.74, 6) is -0.106. The van der Waals surface area contributed by atoms with E-state index in [2.05, 4.69) is 121 Å². The summed E-state index contributed by atoms with van der Waals surface area (Å²) in [6.07, 6.45) is 7.49. The normalized spacial score (nSPS) is 14.9. The molecule has 5 rings (SSSR count). The Morgan fingerprint density at radius 3 is 2.30 bits per heavy atom. The van der Waals surface area contributed by atoms with Crippen molar-refractivity contribution in [2.24, 2.45) is 0 Å². The molecule has 0 spiro atoms. The lowest BCUT2D eigenvalue weighted by Gasteiger charge is -2.39. The molecule has 4 nitrogen and oxygen atoms in total. The molecule has 1 aliphatic rings. The van der Waals surface area contributed by atoms with Gasteiger partial charge in [0.15, 0.2) is 0 Å². The number of hydrogen-bond donors (Lipinski definition) is 1. The molecule has 1 N–H and O–H groups in total. The molecule has 0 radical (unpaired) electrons. The first-order chi connectivity index (χ1) is 22.7. The zero-order valence-corrected chi connectivity index (χ0v) is 28.8. The highest BCUT2D eigenvalue weighted by Gasteiger charge is 2.28. The minimum Gasteiger partial charge on any atom is -0.392 e. The van der Waals surface area contributed by atoms with Crippen LogP contribution in [0.3, 0.4) is 0 Å². The lowest BCUT2D eigenvalue weighted by atomic mass is 9.89. The topological polar surface area (TPSA) is 21.8 Å². The zero-order chi connectivity index (χ0) is 33.6. The number of likely N-dealkylation sites (N-methyl/N-ethyl adjacent to an activating group) is 1. The number of hydrogen-bond acceptors (Lipinski definition) is 4. The Balaban J connectivity index is 1.29. The first-order valence-electron chi connectivity index (χ1n) is 16.9. The second-order valence-corrected chi connectivity index (χ2v) is 13.1. The smallest absolute Gasteiger partial charge is 0.146 e. The van der Waals surface area contributed by atoms with Gasteiger partial charge in [0.2, 0.25) is 0 Å². The van der Waals surface area contributed by atoms with Crippen LogP contribution in [0.2, 0.25) is 0 Å². The molecule has 0 saturated carbocycles. The van der Waals surface area contributed by atoms with Crippen LogP contribution in [0.15, 0.2) is 104 Å². The standard InChI is InChI=1S/C42H51FN4/c1-8-32-18-20-39(38(43)29-32)47-26-24-46(25-27-47)30-34-16-14-33(15-17-34)28-36-19-21-40(41-35(9-2)12-11-13-37(36)41)45(7)42(5,10-3)23-22-31(4)44-6/h9-21,29,44H,2-4,8,22-28,30H2,1,5-7H3. The van der Waals surface area contributed by atoms with Crippen LogP contribution in [-0.4, -0.2) is 50.7 Å².